The van der Waals surface area contributed by atoms with E-state index >= 15 is 0 Å². The Bertz CT molecular complexity index is 512. The van der Waals surface area contributed by atoms with Crippen molar-refractivity contribution in [1.29, 1.82) is 0 Å². The molecule has 0 aromatic rings. The number of nitrogens with one attached hydrogen (secondary N) is 1. The number of carbonyl (C=O) groups is 1. The lowest BCUT2D eigenvalue weighted by Crippen LogP contribution is -2.52. The number of carbonyl (C=O) groups excluding carboxylic acids is 1. The van der Waals surface area contributed by atoms with Crippen LogP contribution in [0.4, 0.5) is 0 Å². The van der Waals surface area contributed by atoms with Crippen LogP contribution >= 0.6 is 0 Å². The molecule has 0 spiro atoms. The van der Waals surface area contributed by atoms with Crippen molar-refractivity contribution >= 4 is 5.91 Å². The lowest BCUT2D eigenvalue weighted by atomic mass is 10.0. The Hall–Kier alpha value is -0.810. The Morgan fingerprint density at radius 3 is 1.69 bits per heavy atom. The fraction of sp³-hybridized carbons (Fsp3) is 0.962. The standard InChI is InChI=1S/C26H54N2O7/c1-3-4-5-6-7-8-9-10-11-12-13-14-17-28(2,19-20-29)18-15-16-27-26(35)25(34)24(33)23(32)22(31)21-30/h22-25,29-34H,3-21H2,1-2H3/p+1. The van der Waals surface area contributed by atoms with Crippen LogP contribution in [0, 0.1) is 0 Å². The van der Waals surface area contributed by atoms with E-state index in [4.69, 9.17) is 5.11 Å². The van der Waals surface area contributed by atoms with Crippen molar-refractivity contribution in [2.45, 2.75) is 115 Å². The van der Waals surface area contributed by atoms with Crippen LogP contribution in [0.5, 0.6) is 0 Å². The molecule has 0 aromatic carbocycles. The number of hydrogen-bond donors (Lipinski definition) is 7. The molecule has 0 heterocycles. The molecule has 210 valence electrons. The smallest absolute Gasteiger partial charge is 0.251 e. The molecule has 0 aromatic heterocycles. The first-order chi connectivity index (χ1) is 16.7. The number of aliphatic hydroxyl groups excluding tert-OH is 6. The summed E-state index contributed by atoms with van der Waals surface area (Å²) < 4.78 is 0.705. The number of hydrogen-bond acceptors (Lipinski definition) is 7. The predicted molar refractivity (Wildman–Crippen MR) is 138 cm³/mol. The third-order valence-electron chi connectivity index (χ3n) is 6.89. The predicted octanol–water partition coefficient (Wildman–Crippen LogP) is 1.07. The summed E-state index contributed by atoms with van der Waals surface area (Å²) in [4.78, 5) is 12.0. The number of nitrogens with zero attached hydrogens (tertiary/aromatic N) is 1. The zero-order valence-electron chi connectivity index (χ0n) is 22.3. The lowest BCUT2D eigenvalue weighted by Gasteiger charge is -2.34. The molecule has 5 atom stereocenters. The first kappa shape index (κ1) is 34.2. The highest BCUT2D eigenvalue weighted by Gasteiger charge is 2.34. The maximum absolute atomic E-state index is 12.0. The van der Waals surface area contributed by atoms with Crippen molar-refractivity contribution in [1.82, 2.24) is 5.32 Å². The third-order valence-corrected chi connectivity index (χ3v) is 6.89. The van der Waals surface area contributed by atoms with Gasteiger partial charge in [0.1, 0.15) is 24.9 Å². The monoisotopic (exact) mass is 507 g/mol. The van der Waals surface area contributed by atoms with Crippen LogP contribution in [0.1, 0.15) is 90.4 Å². The Morgan fingerprint density at radius 2 is 1.20 bits per heavy atom. The third kappa shape index (κ3) is 16.5. The molecule has 0 aliphatic heterocycles. The van der Waals surface area contributed by atoms with Gasteiger partial charge in [-0.05, 0) is 12.8 Å². The summed E-state index contributed by atoms with van der Waals surface area (Å²) in [5, 5.41) is 59.5. The van der Waals surface area contributed by atoms with Crippen molar-refractivity contribution < 1.29 is 39.9 Å². The summed E-state index contributed by atoms with van der Waals surface area (Å²) >= 11 is 0. The van der Waals surface area contributed by atoms with E-state index in [0.717, 1.165) is 19.5 Å². The first-order valence-corrected chi connectivity index (χ1v) is 13.8. The van der Waals surface area contributed by atoms with Crippen molar-refractivity contribution in [2.75, 3.05) is 46.4 Å². The topological polar surface area (TPSA) is 150 Å². The van der Waals surface area contributed by atoms with Gasteiger partial charge >= 0.3 is 0 Å². The number of amides is 1. The van der Waals surface area contributed by atoms with Crippen molar-refractivity contribution in [3.8, 4) is 0 Å². The largest absolute Gasteiger partial charge is 0.394 e. The van der Waals surface area contributed by atoms with Crippen molar-refractivity contribution in [3.05, 3.63) is 0 Å². The number of likely N-dealkylation sites (N-methyl/N-ethyl adjacent to an activating group) is 1. The van der Waals surface area contributed by atoms with Crippen LogP contribution in [0.3, 0.4) is 0 Å². The average molecular weight is 508 g/mol. The number of aliphatic hydroxyl groups is 6. The molecule has 1 amide bonds. The summed E-state index contributed by atoms with van der Waals surface area (Å²) in [6.07, 6.45) is 8.90. The highest BCUT2D eigenvalue weighted by atomic mass is 16.4. The van der Waals surface area contributed by atoms with Gasteiger partial charge in [0.25, 0.3) is 5.91 Å². The van der Waals surface area contributed by atoms with Crippen LogP contribution in [0.15, 0.2) is 0 Å². The van der Waals surface area contributed by atoms with Crippen LogP contribution in [-0.2, 0) is 4.79 Å². The van der Waals surface area contributed by atoms with Gasteiger partial charge in [-0.2, -0.15) is 0 Å². The highest BCUT2D eigenvalue weighted by Crippen LogP contribution is 2.14. The van der Waals surface area contributed by atoms with Crippen LogP contribution in [0.25, 0.3) is 0 Å². The molecule has 0 radical (unpaired) electrons. The first-order valence-electron chi connectivity index (χ1n) is 13.8. The van der Waals surface area contributed by atoms with Crippen molar-refractivity contribution in [2.24, 2.45) is 0 Å². The van der Waals surface area contributed by atoms with E-state index in [0.29, 0.717) is 17.4 Å². The number of rotatable bonds is 24. The Labute approximate surface area is 212 Å². The molecule has 9 nitrogen and oxygen atoms in total. The maximum Gasteiger partial charge on any atom is 0.251 e. The fourth-order valence-corrected chi connectivity index (χ4v) is 4.37. The molecule has 9 heteroatoms. The van der Waals surface area contributed by atoms with E-state index < -0.39 is 36.9 Å². The second kappa shape index (κ2) is 21.3. The lowest BCUT2D eigenvalue weighted by molar-refractivity contribution is -0.910. The Morgan fingerprint density at radius 1 is 0.714 bits per heavy atom. The molecule has 0 fully saturated rings. The van der Waals surface area contributed by atoms with Crippen LogP contribution in [0.2, 0.25) is 0 Å². The average Bonchev–Trinajstić information content (AvgIpc) is 2.85. The van der Waals surface area contributed by atoms with E-state index in [-0.39, 0.29) is 13.2 Å². The minimum Gasteiger partial charge on any atom is -0.394 e. The number of unbranched alkanes of at least 4 members (excludes halogenated alkanes) is 11. The zero-order chi connectivity index (χ0) is 26.5. The minimum atomic E-state index is -1.91. The minimum absolute atomic E-state index is 0.0943. The summed E-state index contributed by atoms with van der Waals surface area (Å²) in [6, 6.07) is 0. The van der Waals surface area contributed by atoms with Gasteiger partial charge in [-0.1, -0.05) is 71.1 Å². The quantitative estimate of drug-likeness (QED) is 0.0763. The molecule has 7 N–H and O–H groups in total. The fourth-order valence-electron chi connectivity index (χ4n) is 4.37. The van der Waals surface area contributed by atoms with E-state index in [1.807, 2.05) is 0 Å². The molecule has 0 rings (SSSR count). The van der Waals surface area contributed by atoms with Gasteiger partial charge in [0.05, 0.1) is 33.4 Å². The molecule has 0 aliphatic carbocycles. The molecule has 35 heavy (non-hydrogen) atoms. The van der Waals surface area contributed by atoms with E-state index in [1.165, 1.54) is 70.6 Å². The summed E-state index contributed by atoms with van der Waals surface area (Å²) in [7, 11) is 2.10. The van der Waals surface area contributed by atoms with Gasteiger partial charge in [-0.25, -0.2) is 0 Å². The summed E-state index contributed by atoms with van der Waals surface area (Å²) in [6.45, 7) is 4.17. The SMILES string of the molecule is CCCCCCCCCCCCCC[N+](C)(CCO)CCCNC(=O)C(O)C(O)C(O)C(O)CO. The number of quaternary nitrogens is 1. The van der Waals surface area contributed by atoms with Gasteiger partial charge in [0, 0.05) is 13.0 Å². The van der Waals surface area contributed by atoms with Gasteiger partial charge in [-0.15, -0.1) is 0 Å². The van der Waals surface area contributed by atoms with Gasteiger partial charge in [0.15, 0.2) is 6.10 Å². The molecular weight excluding hydrogens is 452 g/mol. The second-order valence-corrected chi connectivity index (χ2v) is 10.2. The Balaban J connectivity index is 4.06. The van der Waals surface area contributed by atoms with E-state index in [1.54, 1.807) is 0 Å². The second-order valence-electron chi connectivity index (χ2n) is 10.2. The molecular formula is C26H55N2O7+. The summed E-state index contributed by atoms with van der Waals surface area (Å²) in [5.41, 5.74) is 0. The van der Waals surface area contributed by atoms with Gasteiger partial charge < -0.3 is 40.4 Å². The maximum atomic E-state index is 12.0. The van der Waals surface area contributed by atoms with Gasteiger partial charge in [0.2, 0.25) is 0 Å². The molecule has 0 saturated heterocycles. The molecule has 0 bridgehead atoms. The van der Waals surface area contributed by atoms with Crippen LogP contribution in [-0.4, -0.2) is 112 Å². The van der Waals surface area contributed by atoms with Gasteiger partial charge in [-0.3, -0.25) is 4.79 Å². The van der Waals surface area contributed by atoms with E-state index in [2.05, 4.69) is 19.3 Å². The molecule has 0 aliphatic rings. The Kier molecular flexibility index (Phi) is 20.8. The normalized spacial score (nSPS) is 16.9. The highest BCUT2D eigenvalue weighted by molar-refractivity contribution is 5.81. The van der Waals surface area contributed by atoms with E-state index in [9.17, 15) is 30.3 Å². The molecule has 0 saturated carbocycles. The zero-order valence-corrected chi connectivity index (χ0v) is 22.3. The summed E-state index contributed by atoms with van der Waals surface area (Å²) in [5.74, 6) is -0.848. The molecule has 5 unspecified atom stereocenters. The van der Waals surface area contributed by atoms with Crippen molar-refractivity contribution in [3.63, 3.8) is 0 Å². The van der Waals surface area contributed by atoms with Crippen LogP contribution < -0.4 is 5.32 Å².